The molecule has 1 atom stereocenters. The van der Waals surface area contributed by atoms with Crippen molar-refractivity contribution in [3.05, 3.63) is 35.9 Å². The van der Waals surface area contributed by atoms with E-state index in [-0.39, 0.29) is 19.5 Å². The number of hydrogen-bond acceptors (Lipinski definition) is 3. The van der Waals surface area contributed by atoms with Crippen LogP contribution in [0.4, 0.5) is 4.39 Å². The Morgan fingerprint density at radius 1 is 1.17 bits per heavy atom. The van der Waals surface area contributed by atoms with Gasteiger partial charge in [0.15, 0.2) is 12.0 Å². The Bertz CT molecular complexity index is 559. The number of allylic oxidation sites excluding steroid dienone is 2. The summed E-state index contributed by atoms with van der Waals surface area (Å²) in [5.41, 5.74) is 1.30. The van der Waals surface area contributed by atoms with Crippen LogP contribution in [0.2, 0.25) is 0 Å². The fraction of sp³-hybridized carbons (Fsp3) is 0.600. The fourth-order valence-corrected chi connectivity index (χ4v) is 3.32. The molecule has 0 radical (unpaired) electrons. The SMILES string of the molecule is CCOc1ccc(C2=CCC(C3OCC(F)(CC)CO3)CC2)cc1. The maximum atomic E-state index is 14.1. The first kappa shape index (κ1) is 17.4. The van der Waals surface area contributed by atoms with Gasteiger partial charge in [0, 0.05) is 5.92 Å². The largest absolute Gasteiger partial charge is 0.494 e. The summed E-state index contributed by atoms with van der Waals surface area (Å²) < 4.78 is 31.0. The van der Waals surface area contributed by atoms with Gasteiger partial charge in [0.1, 0.15) is 5.75 Å². The molecule has 0 N–H and O–H groups in total. The van der Waals surface area contributed by atoms with E-state index < -0.39 is 5.67 Å². The lowest BCUT2D eigenvalue weighted by atomic mass is 9.86. The van der Waals surface area contributed by atoms with E-state index in [9.17, 15) is 4.39 Å². The zero-order chi connectivity index (χ0) is 17.0. The molecule has 0 saturated carbocycles. The Kier molecular flexibility index (Phi) is 5.57. The van der Waals surface area contributed by atoms with Crippen molar-refractivity contribution in [2.75, 3.05) is 19.8 Å². The van der Waals surface area contributed by atoms with Gasteiger partial charge in [-0.1, -0.05) is 25.1 Å². The molecule has 0 spiro atoms. The predicted octanol–water partition coefficient (Wildman–Crippen LogP) is 4.76. The van der Waals surface area contributed by atoms with Crippen LogP contribution in [0.1, 0.15) is 45.1 Å². The highest BCUT2D eigenvalue weighted by Crippen LogP contribution is 2.36. The minimum absolute atomic E-state index is 0.153. The molecule has 3 nitrogen and oxygen atoms in total. The van der Waals surface area contributed by atoms with Crippen LogP contribution in [0.15, 0.2) is 30.3 Å². The number of hydrogen-bond donors (Lipinski definition) is 0. The Balaban J connectivity index is 1.56. The van der Waals surface area contributed by atoms with Crippen molar-refractivity contribution in [1.29, 1.82) is 0 Å². The fourth-order valence-electron chi connectivity index (χ4n) is 3.32. The van der Waals surface area contributed by atoms with E-state index in [2.05, 4.69) is 18.2 Å². The summed E-state index contributed by atoms with van der Waals surface area (Å²) in [5, 5.41) is 0. The molecule has 0 bridgehead atoms. The molecule has 24 heavy (non-hydrogen) atoms. The van der Waals surface area contributed by atoms with Crippen molar-refractivity contribution < 1.29 is 18.6 Å². The molecule has 1 aromatic rings. The molecule has 1 aliphatic heterocycles. The topological polar surface area (TPSA) is 27.7 Å². The van der Waals surface area contributed by atoms with E-state index in [4.69, 9.17) is 14.2 Å². The summed E-state index contributed by atoms with van der Waals surface area (Å²) in [6.45, 7) is 4.81. The third-order valence-corrected chi connectivity index (χ3v) is 5.02. The number of rotatable bonds is 5. The summed E-state index contributed by atoms with van der Waals surface area (Å²) in [6.07, 6.45) is 5.36. The standard InChI is InChI=1S/C20H27FO3/c1-3-20(21)13-23-19(24-14-20)17-7-5-15(6-8-17)16-9-11-18(12-10-16)22-4-2/h5,9-12,17,19H,3-4,6-8,13-14H2,1-2H3. The highest BCUT2D eigenvalue weighted by atomic mass is 19.1. The highest BCUT2D eigenvalue weighted by molar-refractivity contribution is 5.66. The van der Waals surface area contributed by atoms with E-state index in [0.29, 0.717) is 18.9 Å². The van der Waals surface area contributed by atoms with Gasteiger partial charge >= 0.3 is 0 Å². The molecule has 1 fully saturated rings. The van der Waals surface area contributed by atoms with Crippen molar-refractivity contribution in [3.63, 3.8) is 0 Å². The van der Waals surface area contributed by atoms with Crippen LogP contribution in [0.25, 0.3) is 5.57 Å². The van der Waals surface area contributed by atoms with Crippen LogP contribution in [0.3, 0.4) is 0 Å². The van der Waals surface area contributed by atoms with Gasteiger partial charge in [0.2, 0.25) is 0 Å². The van der Waals surface area contributed by atoms with Crippen molar-refractivity contribution in [2.24, 2.45) is 5.92 Å². The third kappa shape index (κ3) is 3.98. The van der Waals surface area contributed by atoms with Gasteiger partial charge < -0.3 is 14.2 Å². The second-order valence-corrected chi connectivity index (χ2v) is 6.72. The van der Waals surface area contributed by atoms with E-state index >= 15 is 0 Å². The van der Waals surface area contributed by atoms with Crippen LogP contribution in [-0.4, -0.2) is 31.8 Å². The van der Waals surface area contributed by atoms with Gasteiger partial charge in [-0.25, -0.2) is 4.39 Å². The molecule has 0 aromatic heterocycles. The zero-order valence-electron chi connectivity index (χ0n) is 14.6. The van der Waals surface area contributed by atoms with E-state index in [1.54, 1.807) is 0 Å². The molecule has 1 saturated heterocycles. The molecule has 3 rings (SSSR count). The van der Waals surface area contributed by atoms with E-state index in [1.807, 2.05) is 26.0 Å². The summed E-state index contributed by atoms with van der Waals surface area (Å²) in [7, 11) is 0. The quantitative estimate of drug-likeness (QED) is 0.777. The van der Waals surface area contributed by atoms with Crippen molar-refractivity contribution in [3.8, 4) is 5.75 Å². The predicted molar refractivity (Wildman–Crippen MR) is 92.8 cm³/mol. The first-order valence-electron chi connectivity index (χ1n) is 8.98. The summed E-state index contributed by atoms with van der Waals surface area (Å²) >= 11 is 0. The molecular formula is C20H27FO3. The monoisotopic (exact) mass is 334 g/mol. The van der Waals surface area contributed by atoms with E-state index in [0.717, 1.165) is 25.0 Å². The van der Waals surface area contributed by atoms with Crippen molar-refractivity contribution in [1.82, 2.24) is 0 Å². The number of ether oxygens (including phenoxy) is 3. The molecule has 2 aliphatic rings. The molecule has 1 heterocycles. The van der Waals surface area contributed by atoms with E-state index in [1.165, 1.54) is 11.1 Å². The molecule has 4 heteroatoms. The van der Waals surface area contributed by atoms with Gasteiger partial charge in [-0.05, 0) is 55.9 Å². The molecular weight excluding hydrogens is 307 g/mol. The van der Waals surface area contributed by atoms with Crippen LogP contribution in [-0.2, 0) is 9.47 Å². The summed E-state index contributed by atoms with van der Waals surface area (Å²) in [5.74, 6) is 1.23. The Morgan fingerprint density at radius 3 is 2.42 bits per heavy atom. The molecule has 1 unspecified atom stereocenters. The van der Waals surface area contributed by atoms with Crippen molar-refractivity contribution >= 4 is 5.57 Å². The van der Waals surface area contributed by atoms with Gasteiger partial charge in [0.05, 0.1) is 19.8 Å². The zero-order valence-corrected chi connectivity index (χ0v) is 14.6. The minimum Gasteiger partial charge on any atom is -0.494 e. The Hall–Kier alpha value is -1.39. The van der Waals surface area contributed by atoms with Crippen LogP contribution in [0, 0.1) is 5.92 Å². The molecule has 1 aliphatic carbocycles. The van der Waals surface area contributed by atoms with Gasteiger partial charge in [0.25, 0.3) is 0 Å². The Morgan fingerprint density at radius 2 is 1.88 bits per heavy atom. The lowest BCUT2D eigenvalue weighted by Gasteiger charge is -2.38. The lowest BCUT2D eigenvalue weighted by Crippen LogP contribution is -2.46. The Labute approximate surface area is 143 Å². The smallest absolute Gasteiger partial charge is 0.160 e. The number of alkyl halides is 1. The maximum Gasteiger partial charge on any atom is 0.160 e. The minimum atomic E-state index is -1.31. The molecule has 0 amide bonds. The molecule has 1 aromatic carbocycles. The van der Waals surface area contributed by atoms with Crippen LogP contribution < -0.4 is 4.74 Å². The van der Waals surface area contributed by atoms with Gasteiger partial charge in [-0.2, -0.15) is 0 Å². The first-order chi connectivity index (χ1) is 11.6. The van der Waals surface area contributed by atoms with Crippen molar-refractivity contribution in [2.45, 2.75) is 51.5 Å². The van der Waals surface area contributed by atoms with Crippen LogP contribution >= 0.6 is 0 Å². The average Bonchev–Trinajstić information content (AvgIpc) is 2.64. The van der Waals surface area contributed by atoms with Gasteiger partial charge in [-0.3, -0.25) is 0 Å². The second-order valence-electron chi connectivity index (χ2n) is 6.72. The van der Waals surface area contributed by atoms with Crippen LogP contribution in [0.5, 0.6) is 5.75 Å². The lowest BCUT2D eigenvalue weighted by molar-refractivity contribution is -0.253. The highest BCUT2D eigenvalue weighted by Gasteiger charge is 2.38. The summed E-state index contributed by atoms with van der Waals surface area (Å²) in [4.78, 5) is 0. The maximum absolute atomic E-state index is 14.1. The third-order valence-electron chi connectivity index (χ3n) is 5.02. The average molecular weight is 334 g/mol. The first-order valence-corrected chi connectivity index (χ1v) is 8.98. The normalized spacial score (nSPS) is 30.7. The summed E-state index contributed by atoms with van der Waals surface area (Å²) in [6, 6.07) is 8.27. The van der Waals surface area contributed by atoms with Gasteiger partial charge in [-0.15, -0.1) is 0 Å². The number of halogens is 1. The molecule has 132 valence electrons. The second kappa shape index (κ2) is 7.66. The number of benzene rings is 1.